The van der Waals surface area contributed by atoms with Gasteiger partial charge in [0.2, 0.25) is 0 Å². The van der Waals surface area contributed by atoms with Gasteiger partial charge in [0, 0.05) is 19.0 Å². The van der Waals surface area contributed by atoms with Gasteiger partial charge in [-0.3, -0.25) is 0 Å². The highest BCUT2D eigenvalue weighted by molar-refractivity contribution is 9.10. The molecule has 0 atom stereocenters. The second-order valence-electron chi connectivity index (χ2n) is 4.23. The molecule has 0 unspecified atom stereocenters. The maximum absolute atomic E-state index is 4.49. The Morgan fingerprint density at radius 2 is 1.94 bits per heavy atom. The number of halogens is 1. The number of nitrogens with zero attached hydrogens (tertiary/aromatic N) is 2. The third-order valence-electron chi connectivity index (χ3n) is 2.55. The van der Waals surface area contributed by atoms with Gasteiger partial charge in [-0.15, -0.1) is 0 Å². The van der Waals surface area contributed by atoms with E-state index >= 15 is 0 Å². The van der Waals surface area contributed by atoms with Gasteiger partial charge in [0.1, 0.15) is 16.2 Å². The van der Waals surface area contributed by atoms with Gasteiger partial charge in [0.05, 0.1) is 0 Å². The van der Waals surface area contributed by atoms with Crippen LogP contribution in [0, 0.1) is 0 Å². The van der Waals surface area contributed by atoms with Crippen LogP contribution in [-0.2, 0) is 6.42 Å². The first-order chi connectivity index (χ1) is 8.26. The Balaban J connectivity index is 2.41. The van der Waals surface area contributed by atoms with Crippen molar-refractivity contribution in [1.29, 1.82) is 0 Å². The van der Waals surface area contributed by atoms with Crippen LogP contribution in [-0.4, -0.2) is 16.5 Å². The van der Waals surface area contributed by atoms with E-state index in [9.17, 15) is 0 Å². The van der Waals surface area contributed by atoms with Gasteiger partial charge in [-0.05, 0) is 28.8 Å². The molecule has 1 rings (SSSR count). The fraction of sp³-hybridized carbons (Fsp3) is 0.692. The van der Waals surface area contributed by atoms with Crippen molar-refractivity contribution in [2.45, 2.75) is 52.4 Å². The topological polar surface area (TPSA) is 37.8 Å². The molecule has 0 radical (unpaired) electrons. The van der Waals surface area contributed by atoms with Crippen LogP contribution < -0.4 is 5.32 Å². The molecule has 1 aromatic rings. The molecule has 1 heterocycles. The monoisotopic (exact) mass is 299 g/mol. The number of aromatic nitrogens is 2. The Hall–Kier alpha value is -0.640. The average Bonchev–Trinajstić information content (AvgIpc) is 2.28. The van der Waals surface area contributed by atoms with Crippen molar-refractivity contribution in [2.75, 3.05) is 11.9 Å². The molecule has 17 heavy (non-hydrogen) atoms. The number of anilines is 1. The van der Waals surface area contributed by atoms with Crippen LogP contribution in [0.3, 0.4) is 0 Å². The molecule has 96 valence electrons. The van der Waals surface area contributed by atoms with Crippen LogP contribution in [0.15, 0.2) is 10.7 Å². The summed E-state index contributed by atoms with van der Waals surface area (Å²) in [4.78, 5) is 8.84. The standard InChI is InChI=1S/C13H22BrN3/c1-3-5-6-7-9-15-13-10-11(14)16-12(17-13)8-4-2/h10H,3-9H2,1-2H3,(H,15,16,17). The van der Waals surface area contributed by atoms with Crippen molar-refractivity contribution in [1.82, 2.24) is 9.97 Å². The normalized spacial score (nSPS) is 10.5. The smallest absolute Gasteiger partial charge is 0.132 e. The van der Waals surface area contributed by atoms with Gasteiger partial charge in [-0.25, -0.2) is 9.97 Å². The van der Waals surface area contributed by atoms with E-state index in [4.69, 9.17) is 0 Å². The summed E-state index contributed by atoms with van der Waals surface area (Å²) in [5.41, 5.74) is 0. The summed E-state index contributed by atoms with van der Waals surface area (Å²) in [6, 6.07) is 1.94. The second-order valence-corrected chi connectivity index (χ2v) is 5.04. The highest BCUT2D eigenvalue weighted by Crippen LogP contribution is 2.13. The number of nitrogens with one attached hydrogen (secondary N) is 1. The van der Waals surface area contributed by atoms with Crippen LogP contribution in [0.25, 0.3) is 0 Å². The van der Waals surface area contributed by atoms with Crippen LogP contribution >= 0.6 is 15.9 Å². The molecule has 0 spiro atoms. The Morgan fingerprint density at radius 3 is 2.65 bits per heavy atom. The molecule has 0 aromatic carbocycles. The molecule has 1 aromatic heterocycles. The highest BCUT2D eigenvalue weighted by Gasteiger charge is 2.01. The van der Waals surface area contributed by atoms with E-state index in [0.717, 1.165) is 35.6 Å². The third-order valence-corrected chi connectivity index (χ3v) is 2.96. The minimum absolute atomic E-state index is 0.868. The van der Waals surface area contributed by atoms with Gasteiger partial charge >= 0.3 is 0 Å². The molecule has 0 bridgehead atoms. The average molecular weight is 300 g/mol. The van der Waals surface area contributed by atoms with Crippen molar-refractivity contribution >= 4 is 21.7 Å². The first-order valence-corrected chi connectivity index (χ1v) is 7.33. The Labute approximate surface area is 113 Å². The summed E-state index contributed by atoms with van der Waals surface area (Å²) in [7, 11) is 0. The van der Waals surface area contributed by atoms with E-state index in [1.54, 1.807) is 0 Å². The van der Waals surface area contributed by atoms with E-state index < -0.39 is 0 Å². The molecule has 0 fully saturated rings. The minimum atomic E-state index is 0.868. The van der Waals surface area contributed by atoms with Crippen LogP contribution in [0.5, 0.6) is 0 Å². The van der Waals surface area contributed by atoms with Crippen molar-refractivity contribution in [3.63, 3.8) is 0 Å². The number of unbranched alkanes of at least 4 members (excludes halogenated alkanes) is 3. The quantitative estimate of drug-likeness (QED) is 0.578. The lowest BCUT2D eigenvalue weighted by Crippen LogP contribution is -2.06. The molecule has 0 saturated carbocycles. The summed E-state index contributed by atoms with van der Waals surface area (Å²) >= 11 is 3.43. The van der Waals surface area contributed by atoms with E-state index in [0.29, 0.717) is 0 Å². The molecule has 3 nitrogen and oxygen atoms in total. The van der Waals surface area contributed by atoms with Gasteiger partial charge in [0.25, 0.3) is 0 Å². The molecule has 0 aliphatic heterocycles. The van der Waals surface area contributed by atoms with Crippen molar-refractivity contribution in [2.24, 2.45) is 0 Å². The molecule has 1 N–H and O–H groups in total. The molecule has 4 heteroatoms. The Kier molecular flexibility index (Phi) is 7.17. The summed E-state index contributed by atoms with van der Waals surface area (Å²) in [5, 5.41) is 3.36. The zero-order valence-corrected chi connectivity index (χ0v) is 12.4. The van der Waals surface area contributed by atoms with E-state index in [2.05, 4.69) is 45.1 Å². The number of rotatable bonds is 8. The molecule has 0 aliphatic rings. The summed E-state index contributed by atoms with van der Waals surface area (Å²) < 4.78 is 0.868. The van der Waals surface area contributed by atoms with Gasteiger partial charge < -0.3 is 5.32 Å². The predicted octanol–water partition coefficient (Wildman–Crippen LogP) is 4.18. The van der Waals surface area contributed by atoms with E-state index in [-0.39, 0.29) is 0 Å². The molecular weight excluding hydrogens is 278 g/mol. The summed E-state index contributed by atoms with van der Waals surface area (Å²) in [5.74, 6) is 1.85. The van der Waals surface area contributed by atoms with E-state index in [1.165, 1.54) is 25.7 Å². The van der Waals surface area contributed by atoms with Gasteiger partial charge in [-0.2, -0.15) is 0 Å². The second kappa shape index (κ2) is 8.45. The number of aryl methyl sites for hydroxylation is 1. The molecule has 0 aliphatic carbocycles. The first kappa shape index (κ1) is 14.4. The van der Waals surface area contributed by atoms with Crippen molar-refractivity contribution < 1.29 is 0 Å². The predicted molar refractivity (Wildman–Crippen MR) is 76.4 cm³/mol. The third kappa shape index (κ3) is 6.01. The molecular formula is C13H22BrN3. The summed E-state index contributed by atoms with van der Waals surface area (Å²) in [6.07, 6.45) is 7.10. The fourth-order valence-electron chi connectivity index (χ4n) is 1.66. The molecule has 0 amide bonds. The van der Waals surface area contributed by atoms with Gasteiger partial charge in [-0.1, -0.05) is 33.1 Å². The lowest BCUT2D eigenvalue weighted by atomic mass is 10.2. The van der Waals surface area contributed by atoms with Gasteiger partial charge in [0.15, 0.2) is 0 Å². The minimum Gasteiger partial charge on any atom is -0.370 e. The van der Waals surface area contributed by atoms with Crippen LogP contribution in [0.2, 0.25) is 0 Å². The van der Waals surface area contributed by atoms with Crippen LogP contribution in [0.1, 0.15) is 51.8 Å². The highest BCUT2D eigenvalue weighted by atomic mass is 79.9. The number of hydrogen-bond donors (Lipinski definition) is 1. The summed E-state index contributed by atoms with van der Waals surface area (Å²) in [6.45, 7) is 5.36. The van der Waals surface area contributed by atoms with Crippen molar-refractivity contribution in [3.8, 4) is 0 Å². The Bertz CT molecular complexity index is 328. The maximum atomic E-state index is 4.49. The SMILES string of the molecule is CCCCCCNc1cc(Br)nc(CCC)n1. The van der Waals surface area contributed by atoms with E-state index in [1.807, 2.05) is 6.07 Å². The van der Waals surface area contributed by atoms with Crippen LogP contribution in [0.4, 0.5) is 5.82 Å². The Morgan fingerprint density at radius 1 is 1.12 bits per heavy atom. The lowest BCUT2D eigenvalue weighted by molar-refractivity contribution is 0.683. The fourth-order valence-corrected chi connectivity index (χ4v) is 2.08. The zero-order valence-electron chi connectivity index (χ0n) is 10.8. The lowest BCUT2D eigenvalue weighted by Gasteiger charge is -2.07. The van der Waals surface area contributed by atoms with Crippen molar-refractivity contribution in [3.05, 3.63) is 16.5 Å². The molecule has 0 saturated heterocycles. The largest absolute Gasteiger partial charge is 0.370 e. The first-order valence-electron chi connectivity index (χ1n) is 6.53. The maximum Gasteiger partial charge on any atom is 0.132 e. The number of hydrogen-bond acceptors (Lipinski definition) is 3. The zero-order chi connectivity index (χ0) is 12.5.